The Morgan fingerprint density at radius 1 is 1.19 bits per heavy atom. The molecule has 0 spiro atoms. The highest BCUT2D eigenvalue weighted by Crippen LogP contribution is 2.33. The Balaban J connectivity index is 1.59. The lowest BCUT2D eigenvalue weighted by Crippen LogP contribution is -2.36. The largest absolute Gasteiger partial charge is 0.391 e. The number of hydrogen-bond acceptors (Lipinski definition) is 4. The van der Waals surface area contributed by atoms with Crippen molar-refractivity contribution in [1.82, 2.24) is 19.7 Å². The van der Waals surface area contributed by atoms with Gasteiger partial charge in [0.1, 0.15) is 11.6 Å². The van der Waals surface area contributed by atoms with Gasteiger partial charge in [0.2, 0.25) is 0 Å². The van der Waals surface area contributed by atoms with E-state index in [1.54, 1.807) is 12.1 Å². The van der Waals surface area contributed by atoms with Gasteiger partial charge in [-0.2, -0.15) is 0 Å². The smallest absolute Gasteiger partial charge is 0.322 e. The van der Waals surface area contributed by atoms with Crippen LogP contribution in [-0.4, -0.2) is 43.5 Å². The lowest BCUT2D eigenvalue weighted by Gasteiger charge is -2.25. The van der Waals surface area contributed by atoms with Crippen LogP contribution in [0.2, 0.25) is 10.0 Å². The monoisotopic (exact) mass is 463 g/mol. The lowest BCUT2D eigenvalue weighted by molar-refractivity contribution is 0.175. The van der Waals surface area contributed by atoms with E-state index in [0.29, 0.717) is 29.6 Å². The molecule has 2 atom stereocenters. The lowest BCUT2D eigenvalue weighted by atomic mass is 10.1. The third-order valence-corrected chi connectivity index (χ3v) is 5.72. The number of nitrogens with one attached hydrogen (secondary N) is 1. The van der Waals surface area contributed by atoms with Crippen molar-refractivity contribution in [2.75, 3.05) is 11.9 Å². The van der Waals surface area contributed by atoms with Crippen molar-refractivity contribution in [3.63, 3.8) is 0 Å². The van der Waals surface area contributed by atoms with E-state index in [4.69, 9.17) is 23.2 Å². The van der Waals surface area contributed by atoms with Crippen molar-refractivity contribution < 1.29 is 14.3 Å². The number of amides is 2. The molecule has 2 N–H and O–H groups in total. The molecular formula is C21H20Cl2FN5O2. The predicted octanol–water partition coefficient (Wildman–Crippen LogP) is 4.42. The standard InChI is InChI=1S/C21H20Cl2FN5O2/c1-12-26-27-20(28(12)10-13-2-4-14(22)5-3-13)19-9-16(30)11-29(19)21(31)25-18-7-6-15(23)8-17(18)24/h2-8,16,19,30H,9-11H2,1H3,(H,25,31). The van der Waals surface area contributed by atoms with Crippen molar-refractivity contribution in [3.05, 3.63) is 75.5 Å². The number of halogens is 3. The second-order valence-electron chi connectivity index (χ2n) is 7.43. The minimum atomic E-state index is -0.730. The summed E-state index contributed by atoms with van der Waals surface area (Å²) in [5.74, 6) is 0.588. The zero-order valence-electron chi connectivity index (χ0n) is 16.6. The molecule has 1 fully saturated rings. The molecule has 2 amide bonds. The Labute approximate surface area is 188 Å². The van der Waals surface area contributed by atoms with Crippen molar-refractivity contribution in [1.29, 1.82) is 0 Å². The fourth-order valence-corrected chi connectivity index (χ4v) is 3.96. The predicted molar refractivity (Wildman–Crippen MR) is 116 cm³/mol. The number of nitrogens with zero attached hydrogens (tertiary/aromatic N) is 4. The van der Waals surface area contributed by atoms with Crippen LogP contribution >= 0.6 is 23.2 Å². The van der Waals surface area contributed by atoms with Crippen LogP contribution in [-0.2, 0) is 6.54 Å². The summed E-state index contributed by atoms with van der Waals surface area (Å²) in [6.07, 6.45) is -0.429. The number of urea groups is 1. The number of aliphatic hydroxyl groups excluding tert-OH is 1. The van der Waals surface area contributed by atoms with Crippen LogP contribution in [0.1, 0.15) is 29.7 Å². The summed E-state index contributed by atoms with van der Waals surface area (Å²) in [5.41, 5.74) is 1.000. The molecule has 0 bridgehead atoms. The number of aryl methyl sites for hydroxylation is 1. The summed E-state index contributed by atoms with van der Waals surface area (Å²) < 4.78 is 16.0. The molecule has 2 heterocycles. The maximum absolute atomic E-state index is 14.1. The molecule has 3 aromatic rings. The second kappa shape index (κ2) is 8.82. The van der Waals surface area contributed by atoms with Gasteiger partial charge in [0.15, 0.2) is 5.82 Å². The first-order valence-corrected chi connectivity index (χ1v) is 10.4. The van der Waals surface area contributed by atoms with Gasteiger partial charge in [-0.15, -0.1) is 10.2 Å². The molecule has 162 valence electrons. The van der Waals surface area contributed by atoms with Crippen LogP contribution in [0.3, 0.4) is 0 Å². The van der Waals surface area contributed by atoms with Crippen LogP contribution in [0.15, 0.2) is 42.5 Å². The summed E-state index contributed by atoms with van der Waals surface area (Å²) >= 11 is 11.7. The number of carbonyl (C=O) groups excluding carboxylic acids is 1. The number of anilines is 1. The van der Waals surface area contributed by atoms with Crippen molar-refractivity contribution in [2.45, 2.75) is 32.0 Å². The van der Waals surface area contributed by atoms with Crippen LogP contribution < -0.4 is 5.32 Å². The fraction of sp³-hybridized carbons (Fsp3) is 0.286. The second-order valence-corrected chi connectivity index (χ2v) is 8.30. The Morgan fingerprint density at radius 2 is 1.90 bits per heavy atom. The van der Waals surface area contributed by atoms with Gasteiger partial charge < -0.3 is 19.9 Å². The molecule has 1 aliphatic heterocycles. The average molecular weight is 464 g/mol. The molecule has 2 aromatic carbocycles. The summed E-state index contributed by atoms with van der Waals surface area (Å²) in [7, 11) is 0. The summed E-state index contributed by atoms with van der Waals surface area (Å²) in [4.78, 5) is 14.4. The molecule has 1 aromatic heterocycles. The summed E-state index contributed by atoms with van der Waals surface area (Å²) in [6, 6.07) is 10.4. The normalized spacial score (nSPS) is 18.4. The van der Waals surface area contributed by atoms with E-state index in [1.165, 1.54) is 17.0 Å². The minimum Gasteiger partial charge on any atom is -0.391 e. The number of likely N-dealkylation sites (tertiary alicyclic amines) is 1. The molecule has 31 heavy (non-hydrogen) atoms. The first-order valence-electron chi connectivity index (χ1n) is 9.66. The van der Waals surface area contributed by atoms with Gasteiger partial charge in [0.25, 0.3) is 0 Å². The number of benzene rings is 2. The molecule has 1 aliphatic rings. The van der Waals surface area contributed by atoms with E-state index >= 15 is 0 Å². The van der Waals surface area contributed by atoms with Crippen molar-refractivity contribution in [3.8, 4) is 0 Å². The van der Waals surface area contributed by atoms with Crippen LogP contribution in [0.4, 0.5) is 14.9 Å². The zero-order chi connectivity index (χ0) is 22.1. The highest BCUT2D eigenvalue weighted by Gasteiger charge is 2.38. The van der Waals surface area contributed by atoms with Gasteiger partial charge in [-0.3, -0.25) is 0 Å². The number of β-amino-alcohol motifs (C(OH)–C–C–N with tert-alkyl or cyclic N) is 1. The zero-order valence-corrected chi connectivity index (χ0v) is 18.1. The first kappa shape index (κ1) is 21.5. The Kier molecular flexibility index (Phi) is 6.13. The van der Waals surface area contributed by atoms with E-state index in [1.807, 2.05) is 23.6 Å². The fourth-order valence-electron chi connectivity index (χ4n) is 3.67. The number of aliphatic hydroxyl groups is 1. The van der Waals surface area contributed by atoms with Gasteiger partial charge in [-0.1, -0.05) is 35.3 Å². The minimum absolute atomic E-state index is 0.00773. The quantitative estimate of drug-likeness (QED) is 0.599. The molecule has 10 heteroatoms. The number of carbonyl (C=O) groups is 1. The molecule has 1 saturated heterocycles. The van der Waals surface area contributed by atoms with Gasteiger partial charge >= 0.3 is 6.03 Å². The number of rotatable bonds is 4. The van der Waals surface area contributed by atoms with E-state index < -0.39 is 24.0 Å². The van der Waals surface area contributed by atoms with Crippen molar-refractivity contribution >= 4 is 34.9 Å². The number of aromatic nitrogens is 3. The molecular weight excluding hydrogens is 444 g/mol. The summed E-state index contributed by atoms with van der Waals surface area (Å²) in [5, 5.41) is 22.1. The molecule has 7 nitrogen and oxygen atoms in total. The molecule has 0 aliphatic carbocycles. The van der Waals surface area contributed by atoms with Crippen LogP contribution in [0.5, 0.6) is 0 Å². The highest BCUT2D eigenvalue weighted by atomic mass is 35.5. The SMILES string of the molecule is Cc1nnc(C2CC(O)CN2C(=O)Nc2ccc(Cl)cc2F)n1Cc1ccc(Cl)cc1. The molecule has 2 unspecified atom stereocenters. The van der Waals surface area contributed by atoms with E-state index in [2.05, 4.69) is 15.5 Å². The molecule has 0 saturated carbocycles. The van der Waals surface area contributed by atoms with Crippen molar-refractivity contribution in [2.24, 2.45) is 0 Å². The Hall–Kier alpha value is -2.68. The van der Waals surface area contributed by atoms with Gasteiger partial charge in [-0.25, -0.2) is 9.18 Å². The topological polar surface area (TPSA) is 83.3 Å². The van der Waals surface area contributed by atoms with E-state index in [-0.39, 0.29) is 17.3 Å². The first-order chi connectivity index (χ1) is 14.8. The van der Waals surface area contributed by atoms with E-state index in [9.17, 15) is 14.3 Å². The molecule has 0 radical (unpaired) electrons. The Morgan fingerprint density at radius 3 is 2.61 bits per heavy atom. The highest BCUT2D eigenvalue weighted by molar-refractivity contribution is 6.30. The maximum Gasteiger partial charge on any atom is 0.322 e. The average Bonchev–Trinajstić information content (AvgIpc) is 3.28. The maximum atomic E-state index is 14.1. The van der Waals surface area contributed by atoms with Crippen LogP contribution in [0.25, 0.3) is 0 Å². The number of hydrogen-bond donors (Lipinski definition) is 2. The van der Waals surface area contributed by atoms with Gasteiger partial charge in [0, 0.05) is 23.0 Å². The molecule has 4 rings (SSSR count). The van der Waals surface area contributed by atoms with Crippen LogP contribution in [0, 0.1) is 12.7 Å². The third kappa shape index (κ3) is 4.66. The van der Waals surface area contributed by atoms with Gasteiger partial charge in [0.05, 0.1) is 24.4 Å². The Bertz CT molecular complexity index is 1110. The van der Waals surface area contributed by atoms with Gasteiger partial charge in [-0.05, 0) is 42.8 Å². The van der Waals surface area contributed by atoms with E-state index in [0.717, 1.165) is 11.6 Å². The third-order valence-electron chi connectivity index (χ3n) is 5.23. The summed E-state index contributed by atoms with van der Waals surface area (Å²) in [6.45, 7) is 2.41.